The monoisotopic (exact) mass is 375 g/mol. The van der Waals surface area contributed by atoms with E-state index in [0.717, 1.165) is 33.9 Å². The maximum Gasteiger partial charge on any atom is 0.143 e. The lowest BCUT2D eigenvalue weighted by atomic mass is 10.0. The van der Waals surface area contributed by atoms with Crippen LogP contribution in [0.25, 0.3) is 21.3 Å². The minimum absolute atomic E-state index is 0.685. The van der Waals surface area contributed by atoms with E-state index in [0.29, 0.717) is 6.61 Å². The standard InChI is InChI=1S/C22H21N3OS/c1-3-13-26-18-12-8-7-11-17(18)25-21-20-19(16-9-5-4-6-10-16)15(2)27-22(20)24-14-23-21/h4-12,14H,3,13H2,1-2H3,(H,23,24,25). The lowest BCUT2D eigenvalue weighted by Gasteiger charge is -2.13. The Labute approximate surface area is 162 Å². The Morgan fingerprint density at radius 1 is 1.00 bits per heavy atom. The van der Waals surface area contributed by atoms with E-state index in [2.05, 4.69) is 53.4 Å². The van der Waals surface area contributed by atoms with Crippen LogP contribution in [0.3, 0.4) is 0 Å². The molecule has 0 spiro atoms. The number of thiophene rings is 1. The van der Waals surface area contributed by atoms with Gasteiger partial charge >= 0.3 is 0 Å². The van der Waals surface area contributed by atoms with Gasteiger partial charge in [-0.05, 0) is 31.0 Å². The highest BCUT2D eigenvalue weighted by atomic mass is 32.1. The number of para-hydroxylation sites is 2. The molecule has 2 heterocycles. The fourth-order valence-corrected chi connectivity index (χ4v) is 4.14. The van der Waals surface area contributed by atoms with E-state index in [1.807, 2.05) is 30.3 Å². The molecule has 4 aromatic rings. The highest BCUT2D eigenvalue weighted by Gasteiger charge is 2.17. The van der Waals surface area contributed by atoms with Crippen LogP contribution in [0.15, 0.2) is 60.9 Å². The molecule has 136 valence electrons. The number of aromatic nitrogens is 2. The molecule has 0 unspecified atom stereocenters. The third-order valence-corrected chi connectivity index (χ3v) is 5.34. The molecule has 4 nitrogen and oxygen atoms in total. The fourth-order valence-electron chi connectivity index (χ4n) is 3.13. The molecular weight excluding hydrogens is 354 g/mol. The molecule has 0 fully saturated rings. The van der Waals surface area contributed by atoms with Crippen molar-refractivity contribution in [3.05, 3.63) is 65.8 Å². The first-order chi connectivity index (χ1) is 13.3. The first kappa shape index (κ1) is 17.5. The first-order valence-electron chi connectivity index (χ1n) is 9.06. The van der Waals surface area contributed by atoms with Gasteiger partial charge in [0, 0.05) is 10.4 Å². The van der Waals surface area contributed by atoms with E-state index in [1.165, 1.54) is 16.0 Å². The zero-order valence-electron chi connectivity index (χ0n) is 15.4. The van der Waals surface area contributed by atoms with Gasteiger partial charge in [-0.1, -0.05) is 49.4 Å². The van der Waals surface area contributed by atoms with Crippen molar-refractivity contribution in [3.63, 3.8) is 0 Å². The number of hydrogen-bond donors (Lipinski definition) is 1. The Morgan fingerprint density at radius 3 is 2.59 bits per heavy atom. The lowest BCUT2D eigenvalue weighted by molar-refractivity contribution is 0.319. The summed E-state index contributed by atoms with van der Waals surface area (Å²) in [7, 11) is 0. The molecule has 0 amide bonds. The second kappa shape index (κ2) is 7.76. The molecule has 5 heteroatoms. The van der Waals surface area contributed by atoms with Gasteiger partial charge in [0.1, 0.15) is 22.7 Å². The van der Waals surface area contributed by atoms with Crippen LogP contribution >= 0.6 is 11.3 Å². The van der Waals surface area contributed by atoms with Crippen LogP contribution in [0.4, 0.5) is 11.5 Å². The number of anilines is 2. The molecule has 0 aliphatic carbocycles. The number of nitrogens with one attached hydrogen (secondary N) is 1. The highest BCUT2D eigenvalue weighted by Crippen LogP contribution is 2.41. The average molecular weight is 375 g/mol. The minimum Gasteiger partial charge on any atom is -0.491 e. The van der Waals surface area contributed by atoms with Crippen molar-refractivity contribution in [1.82, 2.24) is 9.97 Å². The van der Waals surface area contributed by atoms with Gasteiger partial charge in [0.25, 0.3) is 0 Å². The van der Waals surface area contributed by atoms with E-state index >= 15 is 0 Å². The van der Waals surface area contributed by atoms with E-state index in [4.69, 9.17) is 4.74 Å². The van der Waals surface area contributed by atoms with E-state index < -0.39 is 0 Å². The summed E-state index contributed by atoms with van der Waals surface area (Å²) in [6.07, 6.45) is 2.58. The molecule has 27 heavy (non-hydrogen) atoms. The third-order valence-electron chi connectivity index (χ3n) is 4.33. The van der Waals surface area contributed by atoms with Gasteiger partial charge in [0.15, 0.2) is 0 Å². The summed E-state index contributed by atoms with van der Waals surface area (Å²) >= 11 is 1.69. The van der Waals surface area contributed by atoms with Crippen molar-refractivity contribution in [2.24, 2.45) is 0 Å². The normalized spacial score (nSPS) is 10.9. The molecule has 0 saturated heterocycles. The van der Waals surface area contributed by atoms with Crippen LogP contribution in [-0.4, -0.2) is 16.6 Å². The number of aryl methyl sites for hydroxylation is 1. The Morgan fingerprint density at radius 2 is 1.78 bits per heavy atom. The maximum atomic E-state index is 5.89. The first-order valence-corrected chi connectivity index (χ1v) is 9.88. The van der Waals surface area contributed by atoms with Crippen LogP contribution in [0.2, 0.25) is 0 Å². The molecule has 0 aliphatic heterocycles. The summed E-state index contributed by atoms with van der Waals surface area (Å²) < 4.78 is 5.89. The summed E-state index contributed by atoms with van der Waals surface area (Å²) in [6.45, 7) is 4.92. The number of ether oxygens (including phenoxy) is 1. The van der Waals surface area contributed by atoms with E-state index in [-0.39, 0.29) is 0 Å². The third kappa shape index (κ3) is 3.51. The van der Waals surface area contributed by atoms with Crippen molar-refractivity contribution in [2.45, 2.75) is 20.3 Å². The van der Waals surface area contributed by atoms with Gasteiger partial charge in [-0.15, -0.1) is 11.3 Å². The van der Waals surface area contributed by atoms with Crippen LogP contribution in [0.5, 0.6) is 5.75 Å². The number of fused-ring (bicyclic) bond motifs is 1. The zero-order chi connectivity index (χ0) is 18.6. The Bertz CT molecular complexity index is 1060. The van der Waals surface area contributed by atoms with Crippen molar-refractivity contribution in [3.8, 4) is 16.9 Å². The molecule has 2 aromatic heterocycles. The van der Waals surface area contributed by atoms with Gasteiger partial charge in [0.05, 0.1) is 17.7 Å². The molecular formula is C22H21N3OS. The van der Waals surface area contributed by atoms with Crippen molar-refractivity contribution >= 4 is 33.1 Å². The molecule has 0 radical (unpaired) electrons. The number of hydrogen-bond acceptors (Lipinski definition) is 5. The van der Waals surface area contributed by atoms with Crippen molar-refractivity contribution in [2.75, 3.05) is 11.9 Å². The molecule has 0 bridgehead atoms. The largest absolute Gasteiger partial charge is 0.491 e. The number of benzene rings is 2. The van der Waals surface area contributed by atoms with Crippen LogP contribution in [0.1, 0.15) is 18.2 Å². The molecule has 4 rings (SSSR count). The smallest absolute Gasteiger partial charge is 0.143 e. The van der Waals surface area contributed by atoms with E-state index in [1.54, 1.807) is 17.7 Å². The number of nitrogens with zero attached hydrogens (tertiary/aromatic N) is 2. The topological polar surface area (TPSA) is 47.0 Å². The summed E-state index contributed by atoms with van der Waals surface area (Å²) in [5.41, 5.74) is 3.27. The maximum absolute atomic E-state index is 5.89. The Balaban J connectivity index is 1.82. The quantitative estimate of drug-likeness (QED) is 0.436. The second-order valence-electron chi connectivity index (χ2n) is 6.27. The van der Waals surface area contributed by atoms with E-state index in [9.17, 15) is 0 Å². The molecule has 1 N–H and O–H groups in total. The van der Waals surface area contributed by atoms with Gasteiger partial charge < -0.3 is 10.1 Å². The summed E-state index contributed by atoms with van der Waals surface area (Å²) in [4.78, 5) is 11.3. The van der Waals surface area contributed by atoms with Crippen LogP contribution in [-0.2, 0) is 0 Å². The van der Waals surface area contributed by atoms with Gasteiger partial charge in [-0.2, -0.15) is 0 Å². The highest BCUT2D eigenvalue weighted by molar-refractivity contribution is 7.19. The minimum atomic E-state index is 0.685. The summed E-state index contributed by atoms with van der Waals surface area (Å²) in [5, 5.41) is 4.53. The molecule has 0 saturated carbocycles. The summed E-state index contributed by atoms with van der Waals surface area (Å²) in [6, 6.07) is 18.4. The van der Waals surface area contributed by atoms with Crippen LogP contribution < -0.4 is 10.1 Å². The molecule has 0 aliphatic rings. The molecule has 2 aromatic carbocycles. The lowest BCUT2D eigenvalue weighted by Crippen LogP contribution is -2.01. The van der Waals surface area contributed by atoms with Gasteiger partial charge in [0.2, 0.25) is 0 Å². The number of rotatable bonds is 6. The fraction of sp³-hybridized carbons (Fsp3) is 0.182. The molecule has 0 atom stereocenters. The predicted octanol–water partition coefficient (Wildman–Crippen LogP) is 6.20. The van der Waals surface area contributed by atoms with Crippen molar-refractivity contribution in [1.29, 1.82) is 0 Å². The Hall–Kier alpha value is -2.92. The van der Waals surface area contributed by atoms with Gasteiger partial charge in [-0.25, -0.2) is 9.97 Å². The Kier molecular flexibility index (Phi) is 5.03. The van der Waals surface area contributed by atoms with Crippen LogP contribution in [0, 0.1) is 6.92 Å². The van der Waals surface area contributed by atoms with Crippen molar-refractivity contribution < 1.29 is 4.74 Å². The summed E-state index contributed by atoms with van der Waals surface area (Å²) in [5.74, 6) is 1.63. The zero-order valence-corrected chi connectivity index (χ0v) is 16.2. The van der Waals surface area contributed by atoms with Gasteiger partial charge in [-0.3, -0.25) is 0 Å². The second-order valence-corrected chi connectivity index (χ2v) is 7.47. The predicted molar refractivity (Wildman–Crippen MR) is 113 cm³/mol. The SMILES string of the molecule is CCCOc1ccccc1Nc1ncnc2sc(C)c(-c3ccccc3)c12. The average Bonchev–Trinajstić information content (AvgIpc) is 3.05.